The zero-order chi connectivity index (χ0) is 18.3. The Morgan fingerprint density at radius 1 is 1.08 bits per heavy atom. The second kappa shape index (κ2) is 6.65. The van der Waals surface area contributed by atoms with Crippen LogP contribution in [0.1, 0.15) is 34.5 Å². The standard InChI is InChI=1S/C22H21ClN2O/c1-14-4-3-5-19(12-14)25-15(2)20(22(26)24-18-10-11-18)13-21(25)16-6-8-17(23)9-7-16/h3-9,12-13,18H,10-11H2,1-2H3,(H,24,26). The van der Waals surface area contributed by atoms with E-state index in [9.17, 15) is 4.79 Å². The van der Waals surface area contributed by atoms with Gasteiger partial charge in [-0.25, -0.2) is 0 Å². The number of carbonyl (C=O) groups is 1. The first kappa shape index (κ1) is 16.9. The first-order chi connectivity index (χ1) is 12.5. The summed E-state index contributed by atoms with van der Waals surface area (Å²) in [7, 11) is 0. The van der Waals surface area contributed by atoms with Gasteiger partial charge in [-0.05, 0) is 68.1 Å². The van der Waals surface area contributed by atoms with E-state index in [1.54, 1.807) is 0 Å². The molecule has 0 radical (unpaired) electrons. The van der Waals surface area contributed by atoms with E-state index < -0.39 is 0 Å². The van der Waals surface area contributed by atoms with Crippen LogP contribution < -0.4 is 5.32 Å². The molecule has 0 atom stereocenters. The van der Waals surface area contributed by atoms with Crippen molar-refractivity contribution in [2.45, 2.75) is 32.7 Å². The summed E-state index contributed by atoms with van der Waals surface area (Å²) in [5.41, 5.74) is 5.93. The van der Waals surface area contributed by atoms with Gasteiger partial charge in [-0.3, -0.25) is 4.79 Å². The van der Waals surface area contributed by atoms with Crippen molar-refractivity contribution in [2.24, 2.45) is 0 Å². The van der Waals surface area contributed by atoms with Crippen molar-refractivity contribution in [3.05, 3.63) is 76.4 Å². The van der Waals surface area contributed by atoms with Crippen LogP contribution in [0.2, 0.25) is 5.02 Å². The molecule has 4 rings (SSSR count). The lowest BCUT2D eigenvalue weighted by atomic mass is 10.1. The molecule has 1 aromatic heterocycles. The van der Waals surface area contributed by atoms with Gasteiger partial charge in [-0.2, -0.15) is 0 Å². The van der Waals surface area contributed by atoms with Crippen LogP contribution >= 0.6 is 11.6 Å². The average molecular weight is 365 g/mol. The highest BCUT2D eigenvalue weighted by Crippen LogP contribution is 2.31. The van der Waals surface area contributed by atoms with Crippen LogP contribution in [0.3, 0.4) is 0 Å². The third kappa shape index (κ3) is 3.27. The van der Waals surface area contributed by atoms with Gasteiger partial charge in [0.1, 0.15) is 0 Å². The zero-order valence-electron chi connectivity index (χ0n) is 14.9. The molecular formula is C22H21ClN2O. The lowest BCUT2D eigenvalue weighted by Crippen LogP contribution is -2.25. The lowest BCUT2D eigenvalue weighted by Gasteiger charge is -2.13. The number of halogens is 1. The number of nitrogens with zero attached hydrogens (tertiary/aromatic N) is 1. The van der Waals surface area contributed by atoms with E-state index in [1.807, 2.05) is 43.3 Å². The Morgan fingerprint density at radius 3 is 2.46 bits per heavy atom. The molecule has 1 heterocycles. The van der Waals surface area contributed by atoms with E-state index in [0.29, 0.717) is 11.1 Å². The van der Waals surface area contributed by atoms with Gasteiger partial charge >= 0.3 is 0 Å². The second-order valence-electron chi connectivity index (χ2n) is 6.96. The maximum Gasteiger partial charge on any atom is 0.253 e. The van der Waals surface area contributed by atoms with Gasteiger partial charge in [-0.15, -0.1) is 0 Å². The predicted molar refractivity (Wildman–Crippen MR) is 106 cm³/mol. The summed E-state index contributed by atoms with van der Waals surface area (Å²) in [4.78, 5) is 12.7. The number of aryl methyl sites for hydroxylation is 1. The fraction of sp³-hybridized carbons (Fsp3) is 0.227. The lowest BCUT2D eigenvalue weighted by molar-refractivity contribution is 0.0950. The summed E-state index contributed by atoms with van der Waals surface area (Å²) < 4.78 is 2.15. The van der Waals surface area contributed by atoms with Gasteiger partial charge in [0.25, 0.3) is 5.91 Å². The summed E-state index contributed by atoms with van der Waals surface area (Å²) in [5.74, 6) is 0.00613. The first-order valence-electron chi connectivity index (χ1n) is 8.89. The molecule has 1 N–H and O–H groups in total. The normalized spacial score (nSPS) is 13.7. The molecule has 0 saturated heterocycles. The molecule has 1 saturated carbocycles. The summed E-state index contributed by atoms with van der Waals surface area (Å²) in [6.45, 7) is 4.08. The Kier molecular flexibility index (Phi) is 4.33. The fourth-order valence-electron chi connectivity index (χ4n) is 3.26. The number of aromatic nitrogens is 1. The fourth-order valence-corrected chi connectivity index (χ4v) is 3.39. The quantitative estimate of drug-likeness (QED) is 0.669. The Bertz CT molecular complexity index is 968. The molecule has 1 aliphatic carbocycles. The monoisotopic (exact) mass is 364 g/mol. The topological polar surface area (TPSA) is 34.0 Å². The summed E-state index contributed by atoms with van der Waals surface area (Å²) in [5, 5.41) is 3.80. The van der Waals surface area contributed by atoms with Gasteiger partial charge < -0.3 is 9.88 Å². The minimum Gasteiger partial charge on any atom is -0.349 e. The highest BCUT2D eigenvalue weighted by atomic mass is 35.5. The third-order valence-electron chi connectivity index (χ3n) is 4.80. The smallest absolute Gasteiger partial charge is 0.253 e. The molecular weight excluding hydrogens is 344 g/mol. The van der Waals surface area contributed by atoms with E-state index in [2.05, 4.69) is 35.0 Å². The number of carbonyl (C=O) groups excluding carboxylic acids is 1. The maximum absolute atomic E-state index is 12.7. The Balaban J connectivity index is 1.87. The molecule has 1 amide bonds. The Labute approximate surface area is 158 Å². The van der Waals surface area contributed by atoms with Gasteiger partial charge in [0.15, 0.2) is 0 Å². The van der Waals surface area contributed by atoms with E-state index in [-0.39, 0.29) is 5.91 Å². The number of benzene rings is 2. The second-order valence-corrected chi connectivity index (χ2v) is 7.39. The van der Waals surface area contributed by atoms with Crippen molar-refractivity contribution >= 4 is 17.5 Å². The number of nitrogens with one attached hydrogen (secondary N) is 1. The summed E-state index contributed by atoms with van der Waals surface area (Å²) >= 11 is 6.06. The van der Waals surface area contributed by atoms with Crippen LogP contribution in [-0.2, 0) is 0 Å². The molecule has 2 aromatic carbocycles. The minimum atomic E-state index is 0.00613. The van der Waals surface area contributed by atoms with E-state index in [1.165, 1.54) is 5.56 Å². The van der Waals surface area contributed by atoms with Crippen LogP contribution in [0.15, 0.2) is 54.6 Å². The van der Waals surface area contributed by atoms with Gasteiger partial charge in [-0.1, -0.05) is 35.9 Å². The van der Waals surface area contributed by atoms with Crippen LogP contribution in [0, 0.1) is 13.8 Å². The van der Waals surface area contributed by atoms with Crippen molar-refractivity contribution in [3.8, 4) is 16.9 Å². The van der Waals surface area contributed by atoms with Crippen molar-refractivity contribution in [1.82, 2.24) is 9.88 Å². The Hall–Kier alpha value is -2.52. The van der Waals surface area contributed by atoms with Crippen molar-refractivity contribution in [2.75, 3.05) is 0 Å². The highest BCUT2D eigenvalue weighted by Gasteiger charge is 2.26. The predicted octanol–water partition coefficient (Wildman–Crippen LogP) is 5.31. The molecule has 0 spiro atoms. The van der Waals surface area contributed by atoms with Crippen LogP contribution in [0.5, 0.6) is 0 Å². The molecule has 3 aromatic rings. The molecule has 4 heteroatoms. The van der Waals surface area contributed by atoms with Crippen molar-refractivity contribution in [3.63, 3.8) is 0 Å². The van der Waals surface area contributed by atoms with E-state index in [4.69, 9.17) is 11.6 Å². The Morgan fingerprint density at radius 2 is 1.81 bits per heavy atom. The highest BCUT2D eigenvalue weighted by molar-refractivity contribution is 6.30. The molecule has 0 aliphatic heterocycles. The van der Waals surface area contributed by atoms with E-state index in [0.717, 1.165) is 41.0 Å². The van der Waals surface area contributed by atoms with Crippen molar-refractivity contribution in [1.29, 1.82) is 0 Å². The minimum absolute atomic E-state index is 0.00613. The van der Waals surface area contributed by atoms with Crippen LogP contribution in [-0.4, -0.2) is 16.5 Å². The van der Waals surface area contributed by atoms with Gasteiger partial charge in [0.05, 0.1) is 11.3 Å². The molecule has 0 bridgehead atoms. The average Bonchev–Trinajstić information content (AvgIpc) is 3.36. The SMILES string of the molecule is Cc1cccc(-n2c(-c3ccc(Cl)cc3)cc(C(=O)NC3CC3)c2C)c1. The number of hydrogen-bond acceptors (Lipinski definition) is 1. The molecule has 26 heavy (non-hydrogen) atoms. The molecule has 132 valence electrons. The van der Waals surface area contributed by atoms with Gasteiger partial charge in [0.2, 0.25) is 0 Å². The number of hydrogen-bond donors (Lipinski definition) is 1. The molecule has 0 unspecified atom stereocenters. The molecule has 3 nitrogen and oxygen atoms in total. The third-order valence-corrected chi connectivity index (χ3v) is 5.06. The summed E-state index contributed by atoms with van der Waals surface area (Å²) in [6.07, 6.45) is 2.15. The van der Waals surface area contributed by atoms with Gasteiger partial charge in [0, 0.05) is 22.4 Å². The largest absolute Gasteiger partial charge is 0.349 e. The number of rotatable bonds is 4. The number of amides is 1. The molecule has 1 fully saturated rings. The summed E-state index contributed by atoms with van der Waals surface area (Å²) in [6, 6.07) is 18.4. The van der Waals surface area contributed by atoms with Crippen LogP contribution in [0.25, 0.3) is 16.9 Å². The van der Waals surface area contributed by atoms with E-state index >= 15 is 0 Å². The zero-order valence-corrected chi connectivity index (χ0v) is 15.7. The molecule has 1 aliphatic rings. The van der Waals surface area contributed by atoms with Crippen LogP contribution in [0.4, 0.5) is 0 Å². The maximum atomic E-state index is 12.7. The van der Waals surface area contributed by atoms with Crippen molar-refractivity contribution < 1.29 is 4.79 Å². The first-order valence-corrected chi connectivity index (χ1v) is 9.27.